The zero-order valence-corrected chi connectivity index (χ0v) is 12.4. The summed E-state index contributed by atoms with van der Waals surface area (Å²) in [4.78, 5) is 23.0. The van der Waals surface area contributed by atoms with Crippen molar-refractivity contribution in [1.29, 1.82) is 0 Å². The molecule has 0 bridgehead atoms. The molecular weight excluding hydrogens is 273 g/mol. The molecule has 1 atom stereocenters. The van der Waals surface area contributed by atoms with Gasteiger partial charge in [0.15, 0.2) is 11.7 Å². The molecule has 0 saturated carbocycles. The van der Waals surface area contributed by atoms with E-state index in [-0.39, 0.29) is 5.91 Å². The minimum absolute atomic E-state index is 0.0171. The zero-order chi connectivity index (χ0) is 15.2. The lowest BCUT2D eigenvalue weighted by Crippen LogP contribution is -2.47. The summed E-state index contributed by atoms with van der Waals surface area (Å²) in [5.41, 5.74) is 0. The summed E-state index contributed by atoms with van der Waals surface area (Å²) in [5.74, 6) is 0.357. The highest BCUT2D eigenvalue weighted by atomic mass is 19.1. The molecule has 0 spiro atoms. The van der Waals surface area contributed by atoms with Crippen molar-refractivity contribution in [2.45, 2.75) is 13.3 Å². The summed E-state index contributed by atoms with van der Waals surface area (Å²) in [5, 5.41) is 2.76. The second-order valence-electron chi connectivity index (χ2n) is 5.53. The normalized spacial score (nSPS) is 25.1. The van der Waals surface area contributed by atoms with Gasteiger partial charge in [-0.15, -0.1) is 0 Å². The number of halogens is 1. The van der Waals surface area contributed by atoms with Crippen LogP contribution in [0.25, 0.3) is 0 Å². The number of likely N-dealkylation sites (tertiary alicyclic amines) is 1. The molecule has 1 N–H and O–H groups in total. The van der Waals surface area contributed by atoms with Crippen molar-refractivity contribution in [2.75, 3.05) is 39.4 Å². The minimum atomic E-state index is -0.472. The van der Waals surface area contributed by atoms with Crippen LogP contribution in [-0.4, -0.2) is 67.7 Å². The van der Waals surface area contributed by atoms with Gasteiger partial charge in [-0.05, 0) is 19.1 Å². The molecule has 6 nitrogen and oxygen atoms in total. The number of aliphatic imine (C=N–C) groups is 2. The minimum Gasteiger partial charge on any atom is -0.354 e. The van der Waals surface area contributed by atoms with E-state index >= 15 is 0 Å². The standard InChI is InChI=1S/C14H22FN5O/c1-11-3-5-20(8-11)14(12(15)7-16-2)18-10-19-6-4-17-13(21)9-19/h7,11H,2-6,8-10H2,1H3,(H,17,21)/b12-7+,18-14+. The first kappa shape index (κ1) is 15.6. The van der Waals surface area contributed by atoms with E-state index in [1.54, 1.807) is 0 Å². The van der Waals surface area contributed by atoms with Crippen molar-refractivity contribution < 1.29 is 9.18 Å². The van der Waals surface area contributed by atoms with Gasteiger partial charge in [-0.2, -0.15) is 0 Å². The average molecular weight is 295 g/mol. The number of carbonyl (C=O) groups excluding carboxylic acids is 1. The van der Waals surface area contributed by atoms with Crippen molar-refractivity contribution in [1.82, 2.24) is 15.1 Å². The molecule has 116 valence electrons. The van der Waals surface area contributed by atoms with Gasteiger partial charge in [0.25, 0.3) is 0 Å². The molecule has 1 unspecified atom stereocenters. The van der Waals surface area contributed by atoms with Crippen molar-refractivity contribution in [3.8, 4) is 0 Å². The lowest BCUT2D eigenvalue weighted by Gasteiger charge is -2.26. The number of amidine groups is 1. The molecule has 1 amide bonds. The fourth-order valence-electron chi connectivity index (χ4n) is 2.57. The highest BCUT2D eigenvalue weighted by Crippen LogP contribution is 2.19. The third-order valence-corrected chi connectivity index (χ3v) is 3.68. The molecule has 2 aliphatic rings. The van der Waals surface area contributed by atoms with E-state index in [0.29, 0.717) is 31.5 Å². The second-order valence-corrected chi connectivity index (χ2v) is 5.53. The molecule has 0 aliphatic carbocycles. The summed E-state index contributed by atoms with van der Waals surface area (Å²) in [6, 6.07) is 0. The summed E-state index contributed by atoms with van der Waals surface area (Å²) >= 11 is 0. The predicted octanol–water partition coefficient (Wildman–Crippen LogP) is 0.627. The number of piperazine rings is 1. The molecule has 2 fully saturated rings. The van der Waals surface area contributed by atoms with E-state index in [2.05, 4.69) is 28.9 Å². The van der Waals surface area contributed by atoms with Gasteiger partial charge < -0.3 is 10.2 Å². The van der Waals surface area contributed by atoms with Gasteiger partial charge in [0, 0.05) is 26.2 Å². The Kier molecular flexibility index (Phi) is 5.44. The maximum Gasteiger partial charge on any atom is 0.234 e. The van der Waals surface area contributed by atoms with Gasteiger partial charge in [0.1, 0.15) is 0 Å². The Balaban J connectivity index is 2.07. The number of amides is 1. The van der Waals surface area contributed by atoms with Gasteiger partial charge in [-0.3, -0.25) is 14.7 Å². The molecule has 21 heavy (non-hydrogen) atoms. The third-order valence-electron chi connectivity index (χ3n) is 3.68. The Hall–Kier alpha value is -1.76. The number of nitrogens with zero attached hydrogens (tertiary/aromatic N) is 4. The van der Waals surface area contributed by atoms with Crippen molar-refractivity contribution in [3.63, 3.8) is 0 Å². The first-order chi connectivity index (χ1) is 10.1. The SMILES string of the molecule is C=N/C=C(F)\C(=N/CN1CCNC(=O)C1)N1CCC(C)C1. The largest absolute Gasteiger partial charge is 0.354 e. The molecule has 0 aromatic heterocycles. The molecule has 0 aromatic rings. The Morgan fingerprint density at radius 3 is 3.00 bits per heavy atom. The van der Waals surface area contributed by atoms with Crippen LogP contribution in [0.15, 0.2) is 22.0 Å². The Morgan fingerprint density at radius 2 is 2.38 bits per heavy atom. The number of hydrogen-bond acceptors (Lipinski definition) is 4. The highest BCUT2D eigenvalue weighted by Gasteiger charge is 2.25. The summed E-state index contributed by atoms with van der Waals surface area (Å²) in [6.45, 7) is 8.95. The van der Waals surface area contributed by atoms with Gasteiger partial charge in [-0.25, -0.2) is 9.38 Å². The number of carbonyl (C=O) groups is 1. The molecule has 2 heterocycles. The fraction of sp³-hybridized carbons (Fsp3) is 0.643. The van der Waals surface area contributed by atoms with Crippen LogP contribution in [0.5, 0.6) is 0 Å². The molecule has 2 rings (SSSR count). The second kappa shape index (κ2) is 7.31. The average Bonchev–Trinajstić information content (AvgIpc) is 2.86. The van der Waals surface area contributed by atoms with Crippen LogP contribution in [0.4, 0.5) is 4.39 Å². The quantitative estimate of drug-likeness (QED) is 0.611. The first-order valence-electron chi connectivity index (χ1n) is 7.20. The zero-order valence-electron chi connectivity index (χ0n) is 12.4. The first-order valence-corrected chi connectivity index (χ1v) is 7.20. The highest BCUT2D eigenvalue weighted by molar-refractivity contribution is 5.96. The van der Waals surface area contributed by atoms with Crippen molar-refractivity contribution in [2.24, 2.45) is 15.9 Å². The van der Waals surface area contributed by atoms with E-state index in [4.69, 9.17) is 0 Å². The van der Waals surface area contributed by atoms with E-state index in [0.717, 1.165) is 32.3 Å². The summed E-state index contributed by atoms with van der Waals surface area (Å²) < 4.78 is 14.1. The number of rotatable bonds is 4. The van der Waals surface area contributed by atoms with Crippen molar-refractivity contribution in [3.05, 3.63) is 12.0 Å². The number of nitrogens with one attached hydrogen (secondary N) is 1. The van der Waals surface area contributed by atoms with Crippen LogP contribution in [0.1, 0.15) is 13.3 Å². The molecule has 0 radical (unpaired) electrons. The van der Waals surface area contributed by atoms with Crippen LogP contribution in [0, 0.1) is 5.92 Å². The molecular formula is C14H22FN5O. The molecule has 2 saturated heterocycles. The number of hydrogen-bond donors (Lipinski definition) is 1. The van der Waals surface area contributed by atoms with Crippen molar-refractivity contribution >= 4 is 18.5 Å². The lowest BCUT2D eigenvalue weighted by atomic mass is 10.2. The monoisotopic (exact) mass is 295 g/mol. The third kappa shape index (κ3) is 4.35. The van der Waals surface area contributed by atoms with Crippen LogP contribution >= 0.6 is 0 Å². The molecule has 2 aliphatic heterocycles. The maximum atomic E-state index is 14.1. The van der Waals surface area contributed by atoms with Gasteiger partial charge in [0.05, 0.1) is 19.4 Å². The smallest absolute Gasteiger partial charge is 0.234 e. The van der Waals surface area contributed by atoms with Gasteiger partial charge in [-0.1, -0.05) is 6.92 Å². The topological polar surface area (TPSA) is 60.3 Å². The van der Waals surface area contributed by atoms with E-state index < -0.39 is 5.83 Å². The van der Waals surface area contributed by atoms with E-state index in [1.807, 2.05) is 9.80 Å². The Bertz CT molecular complexity index is 462. The van der Waals surface area contributed by atoms with E-state index in [9.17, 15) is 9.18 Å². The van der Waals surface area contributed by atoms with Gasteiger partial charge >= 0.3 is 0 Å². The van der Waals surface area contributed by atoms with Crippen LogP contribution in [0.2, 0.25) is 0 Å². The fourth-order valence-corrected chi connectivity index (χ4v) is 2.57. The lowest BCUT2D eigenvalue weighted by molar-refractivity contribution is -0.124. The predicted molar refractivity (Wildman–Crippen MR) is 81.0 cm³/mol. The maximum absolute atomic E-state index is 14.1. The Labute approximate surface area is 124 Å². The summed E-state index contributed by atoms with van der Waals surface area (Å²) in [6.07, 6.45) is 2.12. The van der Waals surface area contributed by atoms with Crippen LogP contribution in [0.3, 0.4) is 0 Å². The molecule has 0 aromatic carbocycles. The van der Waals surface area contributed by atoms with E-state index in [1.165, 1.54) is 0 Å². The van der Waals surface area contributed by atoms with Crippen LogP contribution in [-0.2, 0) is 4.79 Å². The van der Waals surface area contributed by atoms with Gasteiger partial charge in [0.2, 0.25) is 5.91 Å². The summed E-state index contributed by atoms with van der Waals surface area (Å²) in [7, 11) is 0. The Morgan fingerprint density at radius 1 is 1.57 bits per heavy atom. The van der Waals surface area contributed by atoms with Crippen LogP contribution < -0.4 is 5.32 Å². The molecule has 7 heteroatoms.